The van der Waals surface area contributed by atoms with Crippen molar-refractivity contribution < 1.29 is 0 Å². The van der Waals surface area contributed by atoms with Gasteiger partial charge in [0.05, 0.1) is 17.6 Å². The average Bonchev–Trinajstić information content (AvgIpc) is 2.23. The van der Waals surface area contributed by atoms with Crippen LogP contribution in [0, 0.1) is 6.92 Å². The number of rotatable bonds is 1. The van der Waals surface area contributed by atoms with Crippen LogP contribution in [0.5, 0.6) is 0 Å². The largest absolute Gasteiger partial charge is 0.396 e. The Labute approximate surface area is 82.6 Å². The Kier molecular flexibility index (Phi) is 2.14. The van der Waals surface area contributed by atoms with E-state index in [4.69, 9.17) is 5.73 Å². The molecule has 2 aromatic rings. The maximum Gasteiger partial charge on any atom is 0.126 e. The molecule has 1 aromatic carbocycles. The van der Waals surface area contributed by atoms with Crippen LogP contribution in [0.25, 0.3) is 11.3 Å². The summed E-state index contributed by atoms with van der Waals surface area (Å²) in [5, 5.41) is 0. The molecule has 0 saturated heterocycles. The number of nitrogens with two attached hydrogens (primary N) is 1. The average molecular weight is 185 g/mol. The predicted molar refractivity (Wildman–Crippen MR) is 56.6 cm³/mol. The van der Waals surface area contributed by atoms with Gasteiger partial charge in [-0.3, -0.25) is 0 Å². The predicted octanol–water partition coefficient (Wildman–Crippen LogP) is 2.03. The Bertz CT molecular complexity index is 438. The second-order valence-corrected chi connectivity index (χ2v) is 3.09. The van der Waals surface area contributed by atoms with E-state index < -0.39 is 0 Å². The lowest BCUT2D eigenvalue weighted by Gasteiger charge is -2.04. The molecular formula is C11H11N3. The third-order valence-electron chi connectivity index (χ3n) is 1.98. The highest BCUT2D eigenvalue weighted by Gasteiger charge is 2.03. The minimum Gasteiger partial charge on any atom is -0.396 e. The Morgan fingerprint density at radius 1 is 1.14 bits per heavy atom. The molecule has 3 heteroatoms. The van der Waals surface area contributed by atoms with Gasteiger partial charge in [0.2, 0.25) is 0 Å². The third-order valence-corrected chi connectivity index (χ3v) is 1.98. The molecule has 0 saturated carbocycles. The number of aromatic nitrogens is 2. The van der Waals surface area contributed by atoms with Crippen LogP contribution in [-0.2, 0) is 0 Å². The van der Waals surface area contributed by atoms with E-state index in [1.807, 2.05) is 37.3 Å². The lowest BCUT2D eigenvalue weighted by molar-refractivity contribution is 1.06. The van der Waals surface area contributed by atoms with Crippen LogP contribution in [-0.4, -0.2) is 9.97 Å². The topological polar surface area (TPSA) is 51.8 Å². The van der Waals surface area contributed by atoms with Crippen LogP contribution in [0.3, 0.4) is 0 Å². The van der Waals surface area contributed by atoms with E-state index in [0.29, 0.717) is 5.69 Å². The molecule has 2 N–H and O–H groups in total. The number of anilines is 1. The van der Waals surface area contributed by atoms with Crippen molar-refractivity contribution in [3.63, 3.8) is 0 Å². The maximum atomic E-state index is 5.80. The Hall–Kier alpha value is -1.90. The van der Waals surface area contributed by atoms with E-state index in [9.17, 15) is 0 Å². The zero-order valence-electron chi connectivity index (χ0n) is 7.94. The van der Waals surface area contributed by atoms with E-state index in [-0.39, 0.29) is 0 Å². The summed E-state index contributed by atoms with van der Waals surface area (Å²) in [5.41, 5.74) is 8.24. The van der Waals surface area contributed by atoms with E-state index >= 15 is 0 Å². The molecule has 14 heavy (non-hydrogen) atoms. The number of nitrogen functional groups attached to an aromatic ring is 1. The molecule has 2 rings (SSSR count). The van der Waals surface area contributed by atoms with Crippen LogP contribution in [0.4, 0.5) is 5.69 Å². The fourth-order valence-electron chi connectivity index (χ4n) is 1.31. The first kappa shape index (κ1) is 8.69. The van der Waals surface area contributed by atoms with Crippen LogP contribution < -0.4 is 5.73 Å². The lowest BCUT2D eigenvalue weighted by atomic mass is 10.1. The smallest absolute Gasteiger partial charge is 0.126 e. The van der Waals surface area contributed by atoms with Gasteiger partial charge >= 0.3 is 0 Å². The van der Waals surface area contributed by atoms with Crippen LogP contribution in [0.1, 0.15) is 5.82 Å². The first-order valence-corrected chi connectivity index (χ1v) is 4.42. The van der Waals surface area contributed by atoms with Gasteiger partial charge < -0.3 is 5.73 Å². The van der Waals surface area contributed by atoms with Crippen molar-refractivity contribution >= 4 is 5.69 Å². The third kappa shape index (κ3) is 1.57. The summed E-state index contributed by atoms with van der Waals surface area (Å²) in [6.07, 6.45) is 1.64. The second-order valence-electron chi connectivity index (χ2n) is 3.09. The summed E-state index contributed by atoms with van der Waals surface area (Å²) in [6.45, 7) is 1.85. The minimum atomic E-state index is 0.613. The van der Waals surface area contributed by atoms with Gasteiger partial charge in [0.25, 0.3) is 0 Å². The Morgan fingerprint density at radius 3 is 2.57 bits per heavy atom. The van der Waals surface area contributed by atoms with Crippen LogP contribution >= 0.6 is 0 Å². The molecule has 70 valence electrons. The van der Waals surface area contributed by atoms with Crippen molar-refractivity contribution in [3.8, 4) is 11.3 Å². The zero-order valence-corrected chi connectivity index (χ0v) is 7.94. The van der Waals surface area contributed by atoms with E-state index in [1.54, 1.807) is 6.20 Å². The molecule has 0 aliphatic rings. The highest BCUT2D eigenvalue weighted by atomic mass is 14.9. The zero-order chi connectivity index (χ0) is 9.97. The van der Waals surface area contributed by atoms with Gasteiger partial charge in [-0.1, -0.05) is 30.3 Å². The van der Waals surface area contributed by atoms with Crippen molar-refractivity contribution in [3.05, 3.63) is 42.4 Å². The number of aryl methyl sites for hydroxylation is 1. The van der Waals surface area contributed by atoms with Crippen molar-refractivity contribution in [2.45, 2.75) is 6.92 Å². The second kappa shape index (κ2) is 3.46. The van der Waals surface area contributed by atoms with Crippen molar-refractivity contribution in [2.75, 3.05) is 5.73 Å². The van der Waals surface area contributed by atoms with Gasteiger partial charge in [-0.15, -0.1) is 0 Å². The monoisotopic (exact) mass is 185 g/mol. The lowest BCUT2D eigenvalue weighted by Crippen LogP contribution is -1.97. The molecule has 3 nitrogen and oxygen atoms in total. The standard InChI is InChI=1S/C11H11N3/c1-8-13-7-10(12)11(14-8)9-5-3-2-4-6-9/h2-7H,12H2,1H3. The summed E-state index contributed by atoms with van der Waals surface area (Å²) < 4.78 is 0. The molecule has 0 bridgehead atoms. The van der Waals surface area contributed by atoms with E-state index in [2.05, 4.69) is 9.97 Å². The van der Waals surface area contributed by atoms with Gasteiger partial charge in [0.15, 0.2) is 0 Å². The molecule has 0 aliphatic carbocycles. The van der Waals surface area contributed by atoms with Crippen molar-refractivity contribution in [1.82, 2.24) is 9.97 Å². The van der Waals surface area contributed by atoms with Crippen molar-refractivity contribution in [2.24, 2.45) is 0 Å². The number of nitrogens with zero attached hydrogens (tertiary/aromatic N) is 2. The fraction of sp³-hybridized carbons (Fsp3) is 0.0909. The van der Waals surface area contributed by atoms with Gasteiger partial charge in [0.1, 0.15) is 5.82 Å². The van der Waals surface area contributed by atoms with Gasteiger partial charge in [-0.2, -0.15) is 0 Å². The SMILES string of the molecule is Cc1ncc(N)c(-c2ccccc2)n1. The molecule has 1 aromatic heterocycles. The molecule has 0 fully saturated rings. The first-order valence-electron chi connectivity index (χ1n) is 4.42. The highest BCUT2D eigenvalue weighted by Crippen LogP contribution is 2.21. The fourth-order valence-corrected chi connectivity index (χ4v) is 1.31. The molecule has 0 spiro atoms. The van der Waals surface area contributed by atoms with Gasteiger partial charge in [-0.25, -0.2) is 9.97 Å². The highest BCUT2D eigenvalue weighted by molar-refractivity contribution is 5.71. The first-order chi connectivity index (χ1) is 6.77. The molecule has 1 heterocycles. The quantitative estimate of drug-likeness (QED) is 0.739. The van der Waals surface area contributed by atoms with Gasteiger partial charge in [0, 0.05) is 5.56 Å². The number of hydrogen-bond acceptors (Lipinski definition) is 3. The molecule has 0 atom stereocenters. The summed E-state index contributed by atoms with van der Waals surface area (Å²) in [4.78, 5) is 8.34. The van der Waals surface area contributed by atoms with Crippen molar-refractivity contribution in [1.29, 1.82) is 0 Å². The summed E-state index contributed by atoms with van der Waals surface area (Å²) in [7, 11) is 0. The molecule has 0 radical (unpaired) electrons. The van der Waals surface area contributed by atoms with Crippen LogP contribution in [0.2, 0.25) is 0 Å². The number of hydrogen-bond donors (Lipinski definition) is 1. The van der Waals surface area contributed by atoms with E-state index in [1.165, 1.54) is 0 Å². The molecular weight excluding hydrogens is 174 g/mol. The Morgan fingerprint density at radius 2 is 1.86 bits per heavy atom. The molecule has 0 unspecified atom stereocenters. The van der Waals surface area contributed by atoms with Gasteiger partial charge in [-0.05, 0) is 6.92 Å². The maximum absolute atomic E-state index is 5.80. The Balaban J connectivity index is 2.57. The van der Waals surface area contributed by atoms with E-state index in [0.717, 1.165) is 17.1 Å². The van der Waals surface area contributed by atoms with Crippen LogP contribution in [0.15, 0.2) is 36.5 Å². The normalized spacial score (nSPS) is 10.1. The summed E-state index contributed by atoms with van der Waals surface area (Å²) in [6, 6.07) is 9.86. The summed E-state index contributed by atoms with van der Waals surface area (Å²) >= 11 is 0. The minimum absolute atomic E-state index is 0.613. The molecule has 0 amide bonds. The molecule has 0 aliphatic heterocycles. The summed E-state index contributed by atoms with van der Waals surface area (Å²) in [5.74, 6) is 0.734. The number of benzene rings is 1.